The molecule has 0 saturated heterocycles. The van der Waals surface area contributed by atoms with Gasteiger partial charge in [0.15, 0.2) is 5.84 Å². The Morgan fingerprint density at radius 2 is 2.21 bits per heavy atom. The average molecular weight is 265 g/mol. The van der Waals surface area contributed by atoms with Crippen molar-refractivity contribution in [2.24, 2.45) is 10.9 Å². The Hall–Kier alpha value is -2.24. The lowest BCUT2D eigenvalue weighted by Crippen LogP contribution is -2.39. The van der Waals surface area contributed by atoms with Gasteiger partial charge in [-0.25, -0.2) is 0 Å². The van der Waals surface area contributed by atoms with Crippen LogP contribution >= 0.6 is 0 Å². The molecule has 19 heavy (non-hydrogen) atoms. The number of phenols is 1. The summed E-state index contributed by atoms with van der Waals surface area (Å²) in [6.07, 6.45) is 0.956. The maximum absolute atomic E-state index is 12.1. The van der Waals surface area contributed by atoms with Gasteiger partial charge in [0.2, 0.25) is 5.91 Å². The summed E-state index contributed by atoms with van der Waals surface area (Å²) >= 11 is 0. The first kappa shape index (κ1) is 14.8. The number of phenolic OH excluding ortho intramolecular Hbond substituents is 1. The zero-order valence-corrected chi connectivity index (χ0v) is 10.9. The molecule has 6 nitrogen and oxygen atoms in total. The third-order valence-corrected chi connectivity index (χ3v) is 2.59. The van der Waals surface area contributed by atoms with Gasteiger partial charge in [-0.1, -0.05) is 24.2 Å². The SMILES string of the molecule is CCCN(CC(N)=NO)C(=O)Cc1cccc(O)c1. The summed E-state index contributed by atoms with van der Waals surface area (Å²) in [5.41, 5.74) is 6.15. The first-order chi connectivity index (χ1) is 9.06. The van der Waals surface area contributed by atoms with Gasteiger partial charge in [-0.2, -0.15) is 0 Å². The van der Waals surface area contributed by atoms with Crippen molar-refractivity contribution < 1.29 is 15.1 Å². The molecule has 0 atom stereocenters. The number of hydrogen-bond acceptors (Lipinski definition) is 4. The van der Waals surface area contributed by atoms with E-state index in [9.17, 15) is 9.90 Å². The third-order valence-electron chi connectivity index (χ3n) is 2.59. The van der Waals surface area contributed by atoms with Gasteiger partial charge in [0.1, 0.15) is 5.75 Å². The molecule has 0 fully saturated rings. The van der Waals surface area contributed by atoms with Crippen molar-refractivity contribution in [1.29, 1.82) is 0 Å². The molecule has 0 unspecified atom stereocenters. The van der Waals surface area contributed by atoms with Crippen LogP contribution in [0.4, 0.5) is 0 Å². The Kier molecular flexibility index (Phi) is 5.66. The van der Waals surface area contributed by atoms with Crippen LogP contribution in [0.3, 0.4) is 0 Å². The number of benzene rings is 1. The van der Waals surface area contributed by atoms with Crippen molar-refractivity contribution in [3.63, 3.8) is 0 Å². The van der Waals surface area contributed by atoms with Crippen LogP contribution < -0.4 is 5.73 Å². The normalized spacial score (nSPS) is 11.3. The molecule has 0 aromatic heterocycles. The molecule has 0 radical (unpaired) electrons. The van der Waals surface area contributed by atoms with E-state index in [1.165, 1.54) is 4.90 Å². The molecule has 0 spiro atoms. The molecular weight excluding hydrogens is 246 g/mol. The van der Waals surface area contributed by atoms with E-state index in [-0.39, 0.29) is 30.5 Å². The molecule has 1 rings (SSSR count). The Morgan fingerprint density at radius 3 is 2.79 bits per heavy atom. The monoisotopic (exact) mass is 265 g/mol. The summed E-state index contributed by atoms with van der Waals surface area (Å²) in [5, 5.41) is 20.8. The number of amidine groups is 1. The lowest BCUT2D eigenvalue weighted by Gasteiger charge is -2.21. The topological polar surface area (TPSA) is 99.1 Å². The summed E-state index contributed by atoms with van der Waals surface area (Å²) in [6.45, 7) is 2.58. The molecular formula is C13H19N3O3. The Balaban J connectivity index is 2.71. The van der Waals surface area contributed by atoms with Crippen molar-refractivity contribution >= 4 is 11.7 Å². The van der Waals surface area contributed by atoms with E-state index in [1.54, 1.807) is 24.3 Å². The number of carbonyl (C=O) groups excluding carboxylic acids is 1. The van der Waals surface area contributed by atoms with E-state index < -0.39 is 0 Å². The minimum Gasteiger partial charge on any atom is -0.508 e. The maximum atomic E-state index is 12.1. The minimum absolute atomic E-state index is 0.00212. The third kappa shape index (κ3) is 4.87. The molecule has 0 saturated carbocycles. The molecule has 0 bridgehead atoms. The highest BCUT2D eigenvalue weighted by molar-refractivity contribution is 5.87. The molecule has 4 N–H and O–H groups in total. The summed E-state index contributed by atoms with van der Waals surface area (Å²) in [7, 11) is 0. The molecule has 6 heteroatoms. The number of rotatable bonds is 6. The molecule has 104 valence electrons. The van der Waals surface area contributed by atoms with Crippen LogP contribution in [0.1, 0.15) is 18.9 Å². The van der Waals surface area contributed by atoms with Crippen molar-refractivity contribution in [3.05, 3.63) is 29.8 Å². The van der Waals surface area contributed by atoms with E-state index >= 15 is 0 Å². The van der Waals surface area contributed by atoms with Crippen LogP contribution in [0.25, 0.3) is 0 Å². The fourth-order valence-electron chi connectivity index (χ4n) is 1.74. The smallest absolute Gasteiger partial charge is 0.227 e. The molecule has 1 amide bonds. The van der Waals surface area contributed by atoms with Crippen molar-refractivity contribution in [1.82, 2.24) is 4.90 Å². The highest BCUT2D eigenvalue weighted by Gasteiger charge is 2.15. The molecule has 0 aliphatic carbocycles. The fraction of sp³-hybridized carbons (Fsp3) is 0.385. The van der Waals surface area contributed by atoms with Gasteiger partial charge in [0, 0.05) is 6.54 Å². The van der Waals surface area contributed by atoms with Crippen LogP contribution in [0.15, 0.2) is 29.4 Å². The summed E-state index contributed by atoms with van der Waals surface area (Å²) in [6, 6.07) is 6.55. The largest absolute Gasteiger partial charge is 0.508 e. The summed E-state index contributed by atoms with van der Waals surface area (Å²) in [5.74, 6) is 0.000495. The van der Waals surface area contributed by atoms with Crippen molar-refractivity contribution in [3.8, 4) is 5.75 Å². The second kappa shape index (κ2) is 7.25. The van der Waals surface area contributed by atoms with Crippen molar-refractivity contribution in [2.45, 2.75) is 19.8 Å². The molecule has 0 aliphatic heterocycles. The van der Waals surface area contributed by atoms with Crippen LogP contribution in [0, 0.1) is 0 Å². The van der Waals surface area contributed by atoms with E-state index in [0.29, 0.717) is 6.54 Å². The van der Waals surface area contributed by atoms with E-state index in [2.05, 4.69) is 5.16 Å². The predicted octanol–water partition coefficient (Wildman–Crippen LogP) is 0.920. The van der Waals surface area contributed by atoms with Gasteiger partial charge >= 0.3 is 0 Å². The first-order valence-electron chi connectivity index (χ1n) is 6.09. The second-order valence-electron chi connectivity index (χ2n) is 4.25. The molecule has 1 aromatic rings. The number of nitrogens with two attached hydrogens (primary N) is 1. The quantitative estimate of drug-likeness (QED) is 0.308. The fourth-order valence-corrected chi connectivity index (χ4v) is 1.74. The lowest BCUT2D eigenvalue weighted by molar-refractivity contribution is -0.129. The zero-order chi connectivity index (χ0) is 14.3. The number of amides is 1. The van der Waals surface area contributed by atoms with Crippen LogP contribution in [0.2, 0.25) is 0 Å². The number of nitrogens with zero attached hydrogens (tertiary/aromatic N) is 2. The highest BCUT2D eigenvalue weighted by atomic mass is 16.4. The lowest BCUT2D eigenvalue weighted by atomic mass is 10.1. The number of aromatic hydroxyl groups is 1. The van der Waals surface area contributed by atoms with Gasteiger partial charge < -0.3 is 20.9 Å². The predicted molar refractivity (Wildman–Crippen MR) is 72.1 cm³/mol. The van der Waals surface area contributed by atoms with Crippen LogP contribution in [0.5, 0.6) is 5.75 Å². The van der Waals surface area contributed by atoms with Gasteiger partial charge in [-0.15, -0.1) is 0 Å². The van der Waals surface area contributed by atoms with E-state index in [1.807, 2.05) is 6.92 Å². The van der Waals surface area contributed by atoms with Crippen molar-refractivity contribution in [2.75, 3.05) is 13.1 Å². The summed E-state index contributed by atoms with van der Waals surface area (Å²) in [4.78, 5) is 13.6. The number of oxime groups is 1. The van der Waals surface area contributed by atoms with Gasteiger partial charge in [-0.3, -0.25) is 4.79 Å². The minimum atomic E-state index is -0.126. The van der Waals surface area contributed by atoms with Crippen LogP contribution in [-0.2, 0) is 11.2 Å². The Labute approximate surface area is 112 Å². The number of carbonyl (C=O) groups is 1. The summed E-state index contributed by atoms with van der Waals surface area (Å²) < 4.78 is 0. The maximum Gasteiger partial charge on any atom is 0.227 e. The number of hydrogen-bond donors (Lipinski definition) is 3. The van der Waals surface area contributed by atoms with Gasteiger partial charge in [-0.05, 0) is 24.1 Å². The standard InChI is InChI=1S/C13H19N3O3/c1-2-6-16(9-12(14)15-19)13(18)8-10-4-3-5-11(17)7-10/h3-5,7,17,19H,2,6,8-9H2,1H3,(H2,14,15). The van der Waals surface area contributed by atoms with Crippen LogP contribution in [-0.4, -0.2) is 40.0 Å². The molecule has 0 aliphatic rings. The van der Waals surface area contributed by atoms with E-state index in [0.717, 1.165) is 12.0 Å². The highest BCUT2D eigenvalue weighted by Crippen LogP contribution is 2.12. The second-order valence-corrected chi connectivity index (χ2v) is 4.25. The average Bonchev–Trinajstić information content (AvgIpc) is 2.38. The van der Waals surface area contributed by atoms with Gasteiger partial charge in [0.05, 0.1) is 13.0 Å². The molecule has 1 aromatic carbocycles. The van der Waals surface area contributed by atoms with Gasteiger partial charge in [0.25, 0.3) is 0 Å². The first-order valence-corrected chi connectivity index (χ1v) is 6.09. The Bertz CT molecular complexity index is 460. The zero-order valence-electron chi connectivity index (χ0n) is 10.9. The van der Waals surface area contributed by atoms with E-state index in [4.69, 9.17) is 10.9 Å². The Morgan fingerprint density at radius 1 is 1.47 bits per heavy atom. The molecule has 0 heterocycles.